The molecule has 1 heterocycles. The van der Waals surface area contributed by atoms with Crippen LogP contribution in [0.1, 0.15) is 17.4 Å². The Bertz CT molecular complexity index is 441. The van der Waals surface area contributed by atoms with Crippen LogP contribution in [-0.2, 0) is 0 Å². The molecule has 0 bridgehead atoms. The molecule has 0 spiro atoms. The van der Waals surface area contributed by atoms with Crippen molar-refractivity contribution in [1.82, 2.24) is 0 Å². The third-order valence-electron chi connectivity index (χ3n) is 2.70. The Morgan fingerprint density at radius 1 is 1.31 bits per heavy atom. The van der Waals surface area contributed by atoms with Crippen molar-refractivity contribution in [2.75, 3.05) is 0 Å². The first kappa shape index (κ1) is 9.29. The van der Waals surface area contributed by atoms with Crippen molar-refractivity contribution >= 4 is 35.1 Å². The fraction of sp³-hybridized carbons (Fsp3) is 0.455. The first-order chi connectivity index (χ1) is 6.09. The number of halogens is 1. The lowest BCUT2D eigenvalue weighted by molar-refractivity contribution is 0.810. The van der Waals surface area contributed by atoms with E-state index < -0.39 is 0 Å². The van der Waals surface area contributed by atoms with Gasteiger partial charge in [0.05, 0.1) is 5.38 Å². The van der Waals surface area contributed by atoms with Gasteiger partial charge >= 0.3 is 0 Å². The molecule has 1 aliphatic rings. The second kappa shape index (κ2) is 3.14. The third-order valence-corrected chi connectivity index (χ3v) is 4.41. The summed E-state index contributed by atoms with van der Waals surface area (Å²) in [6, 6.07) is 0. The monoisotopic (exact) mass is 212 g/mol. The highest BCUT2D eigenvalue weighted by Crippen LogP contribution is 2.17. The predicted molar refractivity (Wildman–Crippen MR) is 60.8 cm³/mol. The smallest absolute Gasteiger partial charge is 0.0585 e. The molecule has 2 atom stereocenters. The SMILES string of the molecule is Cc1sc2c(c1C)=CC(Cl)C(C)C=2. The normalized spacial score (nSPS) is 26.2. The number of fused-ring (bicyclic) bond motifs is 1. The average Bonchev–Trinajstić information content (AvgIpc) is 2.32. The molecule has 0 aromatic carbocycles. The Labute approximate surface area is 87.5 Å². The first-order valence-corrected chi connectivity index (χ1v) is 5.78. The number of hydrogen-bond acceptors (Lipinski definition) is 1. The largest absolute Gasteiger partial charge is 0.141 e. The van der Waals surface area contributed by atoms with Gasteiger partial charge in [-0.1, -0.05) is 19.1 Å². The quantitative estimate of drug-likeness (QED) is 0.579. The van der Waals surface area contributed by atoms with E-state index in [1.54, 1.807) is 0 Å². The van der Waals surface area contributed by atoms with Crippen molar-refractivity contribution in [1.29, 1.82) is 0 Å². The Hall–Kier alpha value is -0.270. The van der Waals surface area contributed by atoms with Gasteiger partial charge in [-0.25, -0.2) is 0 Å². The van der Waals surface area contributed by atoms with E-state index in [0.717, 1.165) is 0 Å². The van der Waals surface area contributed by atoms with E-state index in [1.807, 2.05) is 11.3 Å². The molecule has 0 fully saturated rings. The molecule has 0 radical (unpaired) electrons. The predicted octanol–water partition coefficient (Wildman–Crippen LogP) is 2.18. The lowest BCUT2D eigenvalue weighted by Gasteiger charge is -2.12. The van der Waals surface area contributed by atoms with Crippen LogP contribution in [0.25, 0.3) is 12.2 Å². The second-order valence-electron chi connectivity index (χ2n) is 3.70. The highest BCUT2D eigenvalue weighted by Gasteiger charge is 2.15. The molecule has 0 N–H and O–H groups in total. The van der Waals surface area contributed by atoms with Crippen LogP contribution in [0, 0.1) is 19.8 Å². The molecule has 0 nitrogen and oxygen atoms in total. The fourth-order valence-corrected chi connectivity index (χ4v) is 3.05. The first-order valence-electron chi connectivity index (χ1n) is 4.53. The van der Waals surface area contributed by atoms with Crippen molar-refractivity contribution in [2.24, 2.45) is 5.92 Å². The number of thiophene rings is 1. The van der Waals surface area contributed by atoms with Gasteiger partial charge in [0.25, 0.3) is 0 Å². The maximum Gasteiger partial charge on any atom is 0.0585 e. The molecule has 0 saturated heterocycles. The lowest BCUT2D eigenvalue weighted by atomic mass is 10.0. The number of rotatable bonds is 0. The van der Waals surface area contributed by atoms with Crippen molar-refractivity contribution in [3.05, 3.63) is 20.2 Å². The molecule has 70 valence electrons. The molecule has 2 heteroatoms. The van der Waals surface area contributed by atoms with E-state index >= 15 is 0 Å². The topological polar surface area (TPSA) is 0 Å². The highest BCUT2D eigenvalue weighted by atomic mass is 35.5. The molecule has 2 rings (SSSR count). The number of hydrogen-bond donors (Lipinski definition) is 0. The highest BCUT2D eigenvalue weighted by molar-refractivity contribution is 7.10. The summed E-state index contributed by atoms with van der Waals surface area (Å²) in [7, 11) is 0. The van der Waals surface area contributed by atoms with Gasteiger partial charge < -0.3 is 0 Å². The van der Waals surface area contributed by atoms with Crippen LogP contribution in [0.4, 0.5) is 0 Å². The van der Waals surface area contributed by atoms with Crippen LogP contribution in [0.5, 0.6) is 0 Å². The minimum absolute atomic E-state index is 0.167. The van der Waals surface area contributed by atoms with Crippen molar-refractivity contribution in [3.8, 4) is 0 Å². The molecule has 0 aliphatic heterocycles. The second-order valence-corrected chi connectivity index (χ2v) is 5.46. The summed E-state index contributed by atoms with van der Waals surface area (Å²) < 4.78 is 1.40. The molecule has 0 amide bonds. The minimum atomic E-state index is 0.167. The summed E-state index contributed by atoms with van der Waals surface area (Å²) in [4.78, 5) is 1.41. The molecule has 1 aromatic rings. The molecular formula is C11H13ClS. The van der Waals surface area contributed by atoms with Gasteiger partial charge in [-0.3, -0.25) is 0 Å². The molecule has 2 unspecified atom stereocenters. The summed E-state index contributed by atoms with van der Waals surface area (Å²) in [5.74, 6) is 0.464. The van der Waals surface area contributed by atoms with E-state index in [1.165, 1.54) is 20.2 Å². The van der Waals surface area contributed by atoms with Gasteiger partial charge in [-0.15, -0.1) is 22.9 Å². The molecular weight excluding hydrogens is 200 g/mol. The van der Waals surface area contributed by atoms with Gasteiger partial charge in [0, 0.05) is 9.41 Å². The van der Waals surface area contributed by atoms with Crippen LogP contribution in [0.3, 0.4) is 0 Å². The number of aryl methyl sites for hydroxylation is 1. The van der Waals surface area contributed by atoms with Gasteiger partial charge in [0.15, 0.2) is 0 Å². The Balaban J connectivity index is 2.77. The van der Waals surface area contributed by atoms with E-state index in [-0.39, 0.29) is 5.38 Å². The standard InChI is InChI=1S/C11H13ClS/c1-6-4-11-9(5-10(6)12)7(2)8(3)13-11/h4-6,10H,1-3H3. The van der Waals surface area contributed by atoms with Gasteiger partial charge in [0.2, 0.25) is 0 Å². The summed E-state index contributed by atoms with van der Waals surface area (Å²) in [5, 5.41) is 1.53. The maximum absolute atomic E-state index is 6.19. The molecule has 1 aliphatic carbocycles. The lowest BCUT2D eigenvalue weighted by Crippen LogP contribution is -2.29. The van der Waals surface area contributed by atoms with Crippen LogP contribution in [0.2, 0.25) is 0 Å². The maximum atomic E-state index is 6.19. The molecule has 1 aromatic heterocycles. The van der Waals surface area contributed by atoms with Gasteiger partial charge in [-0.05, 0) is 30.5 Å². The fourth-order valence-electron chi connectivity index (χ4n) is 1.64. The summed E-state index contributed by atoms with van der Waals surface area (Å²) in [6.45, 7) is 6.52. The van der Waals surface area contributed by atoms with Crippen molar-refractivity contribution < 1.29 is 0 Å². The molecule has 13 heavy (non-hydrogen) atoms. The summed E-state index contributed by atoms with van der Waals surface area (Å²) in [5.41, 5.74) is 1.40. The Morgan fingerprint density at radius 3 is 2.69 bits per heavy atom. The van der Waals surface area contributed by atoms with Crippen LogP contribution in [0.15, 0.2) is 0 Å². The summed E-state index contributed by atoms with van der Waals surface area (Å²) >= 11 is 8.07. The van der Waals surface area contributed by atoms with E-state index in [0.29, 0.717) is 5.92 Å². The van der Waals surface area contributed by atoms with Crippen LogP contribution < -0.4 is 9.75 Å². The van der Waals surface area contributed by atoms with Gasteiger partial charge in [0.1, 0.15) is 0 Å². The zero-order chi connectivity index (χ0) is 9.59. The van der Waals surface area contributed by atoms with Crippen molar-refractivity contribution in [2.45, 2.75) is 26.1 Å². The van der Waals surface area contributed by atoms with Crippen LogP contribution in [-0.4, -0.2) is 5.38 Å². The Kier molecular flexibility index (Phi) is 2.25. The van der Waals surface area contributed by atoms with E-state index in [2.05, 4.69) is 32.9 Å². The van der Waals surface area contributed by atoms with Crippen LogP contribution >= 0.6 is 22.9 Å². The van der Waals surface area contributed by atoms with Crippen molar-refractivity contribution in [3.63, 3.8) is 0 Å². The van der Waals surface area contributed by atoms with E-state index in [9.17, 15) is 0 Å². The number of alkyl halides is 1. The Morgan fingerprint density at radius 2 is 2.00 bits per heavy atom. The van der Waals surface area contributed by atoms with E-state index in [4.69, 9.17) is 11.6 Å². The zero-order valence-electron chi connectivity index (χ0n) is 8.10. The summed E-state index contributed by atoms with van der Waals surface area (Å²) in [6.07, 6.45) is 4.48. The zero-order valence-corrected chi connectivity index (χ0v) is 9.67. The third kappa shape index (κ3) is 1.44. The molecule has 0 saturated carbocycles. The van der Waals surface area contributed by atoms with Gasteiger partial charge in [-0.2, -0.15) is 0 Å². The minimum Gasteiger partial charge on any atom is -0.141 e. The average molecular weight is 213 g/mol.